The summed E-state index contributed by atoms with van der Waals surface area (Å²) in [5, 5.41) is 12.4. The van der Waals surface area contributed by atoms with Gasteiger partial charge in [-0.15, -0.1) is 11.3 Å². The summed E-state index contributed by atoms with van der Waals surface area (Å²) < 4.78 is 0. The topological polar surface area (TPSA) is 104 Å². The number of anilines is 2. The molecule has 0 radical (unpaired) electrons. The molecule has 1 aliphatic rings. The molecule has 0 amide bonds. The van der Waals surface area contributed by atoms with Gasteiger partial charge in [-0.2, -0.15) is 10.2 Å². The SMILES string of the molecule is N#C[C@H]1CNCCN1c1nc(N)nc2scnc12. The molecule has 2 aromatic rings. The van der Waals surface area contributed by atoms with Crippen molar-refractivity contribution in [2.24, 2.45) is 0 Å². The first-order chi connectivity index (χ1) is 8.79. The number of hydrogen-bond donors (Lipinski definition) is 2. The van der Waals surface area contributed by atoms with Gasteiger partial charge in [0.05, 0.1) is 11.6 Å². The number of nitriles is 1. The van der Waals surface area contributed by atoms with E-state index in [2.05, 4.69) is 26.3 Å². The molecule has 1 aliphatic heterocycles. The molecule has 0 unspecified atom stereocenters. The molecule has 8 heteroatoms. The van der Waals surface area contributed by atoms with Crippen LogP contribution in [0.2, 0.25) is 0 Å². The van der Waals surface area contributed by atoms with Crippen molar-refractivity contribution in [1.29, 1.82) is 5.26 Å². The van der Waals surface area contributed by atoms with E-state index in [1.165, 1.54) is 11.3 Å². The van der Waals surface area contributed by atoms with E-state index in [0.717, 1.165) is 16.9 Å². The Labute approximate surface area is 107 Å². The first-order valence-electron chi connectivity index (χ1n) is 5.53. The first-order valence-corrected chi connectivity index (χ1v) is 6.41. The fourth-order valence-electron chi connectivity index (χ4n) is 2.04. The van der Waals surface area contributed by atoms with Crippen LogP contribution in [0.25, 0.3) is 10.3 Å². The molecule has 1 fully saturated rings. The number of piperazine rings is 1. The highest BCUT2D eigenvalue weighted by molar-refractivity contribution is 7.16. The zero-order chi connectivity index (χ0) is 12.5. The summed E-state index contributed by atoms with van der Waals surface area (Å²) in [6.07, 6.45) is 0. The molecule has 1 atom stereocenters. The van der Waals surface area contributed by atoms with Crippen molar-refractivity contribution < 1.29 is 0 Å². The molecule has 3 N–H and O–H groups in total. The van der Waals surface area contributed by atoms with Gasteiger partial charge in [-0.3, -0.25) is 0 Å². The van der Waals surface area contributed by atoms with Gasteiger partial charge in [-0.25, -0.2) is 9.97 Å². The lowest BCUT2D eigenvalue weighted by atomic mass is 10.2. The molecular formula is C10H11N7S. The van der Waals surface area contributed by atoms with E-state index in [9.17, 15) is 5.26 Å². The Kier molecular flexibility index (Phi) is 2.70. The quantitative estimate of drug-likeness (QED) is 0.742. The van der Waals surface area contributed by atoms with Gasteiger partial charge in [0.15, 0.2) is 10.6 Å². The molecule has 1 saturated heterocycles. The fourth-order valence-corrected chi connectivity index (χ4v) is 2.70. The lowest BCUT2D eigenvalue weighted by Gasteiger charge is -2.32. The number of hydrogen-bond acceptors (Lipinski definition) is 8. The normalized spacial score (nSPS) is 19.9. The van der Waals surface area contributed by atoms with Crippen LogP contribution >= 0.6 is 11.3 Å². The second-order valence-electron chi connectivity index (χ2n) is 3.95. The molecule has 18 heavy (non-hydrogen) atoms. The van der Waals surface area contributed by atoms with E-state index in [0.29, 0.717) is 18.9 Å². The number of aromatic nitrogens is 3. The van der Waals surface area contributed by atoms with E-state index < -0.39 is 0 Å². The highest BCUT2D eigenvalue weighted by Gasteiger charge is 2.26. The predicted molar refractivity (Wildman–Crippen MR) is 69.2 cm³/mol. The molecule has 0 bridgehead atoms. The lowest BCUT2D eigenvalue weighted by Crippen LogP contribution is -2.51. The van der Waals surface area contributed by atoms with Crippen molar-refractivity contribution in [3.63, 3.8) is 0 Å². The van der Waals surface area contributed by atoms with Gasteiger partial charge in [-0.1, -0.05) is 0 Å². The maximum absolute atomic E-state index is 9.19. The number of nitrogen functional groups attached to an aromatic ring is 1. The number of nitrogens with one attached hydrogen (secondary N) is 1. The molecule has 0 saturated carbocycles. The summed E-state index contributed by atoms with van der Waals surface area (Å²) in [7, 11) is 0. The van der Waals surface area contributed by atoms with Crippen LogP contribution in [-0.4, -0.2) is 40.6 Å². The molecule has 92 valence electrons. The monoisotopic (exact) mass is 261 g/mol. The van der Waals surface area contributed by atoms with E-state index in [1.807, 2.05) is 4.90 Å². The Hall–Kier alpha value is -1.98. The molecule has 2 aromatic heterocycles. The van der Waals surface area contributed by atoms with Gasteiger partial charge in [0.2, 0.25) is 5.95 Å². The minimum Gasteiger partial charge on any atom is -0.368 e. The molecule has 7 nitrogen and oxygen atoms in total. The average Bonchev–Trinajstić information content (AvgIpc) is 2.85. The second-order valence-corrected chi connectivity index (χ2v) is 4.79. The van der Waals surface area contributed by atoms with Crippen LogP contribution in [0.4, 0.5) is 11.8 Å². The number of nitrogens with zero attached hydrogens (tertiary/aromatic N) is 5. The molecule has 0 aromatic carbocycles. The van der Waals surface area contributed by atoms with Crippen LogP contribution < -0.4 is 16.0 Å². The molecule has 3 heterocycles. The number of thiazole rings is 1. The van der Waals surface area contributed by atoms with Gasteiger partial charge in [0.1, 0.15) is 11.6 Å². The molecular weight excluding hydrogens is 250 g/mol. The summed E-state index contributed by atoms with van der Waals surface area (Å²) in [6, 6.07) is 2.01. The van der Waals surface area contributed by atoms with E-state index >= 15 is 0 Å². The van der Waals surface area contributed by atoms with Crippen molar-refractivity contribution in [3.8, 4) is 6.07 Å². The third kappa shape index (κ3) is 1.73. The fraction of sp³-hybridized carbons (Fsp3) is 0.400. The summed E-state index contributed by atoms with van der Waals surface area (Å²) >= 11 is 1.42. The second kappa shape index (κ2) is 4.36. The Morgan fingerprint density at radius 2 is 2.44 bits per heavy atom. The molecule has 3 rings (SSSR count). The van der Waals surface area contributed by atoms with E-state index in [-0.39, 0.29) is 12.0 Å². The smallest absolute Gasteiger partial charge is 0.223 e. The van der Waals surface area contributed by atoms with Crippen molar-refractivity contribution in [3.05, 3.63) is 5.51 Å². The van der Waals surface area contributed by atoms with E-state index in [4.69, 9.17) is 5.73 Å². The van der Waals surface area contributed by atoms with Crippen molar-refractivity contribution in [2.75, 3.05) is 30.3 Å². The lowest BCUT2D eigenvalue weighted by molar-refractivity contribution is 0.532. The van der Waals surface area contributed by atoms with Crippen molar-refractivity contribution in [2.45, 2.75) is 6.04 Å². The summed E-state index contributed by atoms with van der Waals surface area (Å²) in [5.74, 6) is 0.878. The maximum Gasteiger partial charge on any atom is 0.223 e. The zero-order valence-corrected chi connectivity index (χ0v) is 10.3. The third-order valence-electron chi connectivity index (χ3n) is 2.86. The Morgan fingerprint density at radius 1 is 1.56 bits per heavy atom. The summed E-state index contributed by atoms with van der Waals surface area (Å²) in [4.78, 5) is 15.4. The summed E-state index contributed by atoms with van der Waals surface area (Å²) in [5.41, 5.74) is 8.14. The Morgan fingerprint density at radius 3 is 3.28 bits per heavy atom. The van der Waals surface area contributed by atoms with Gasteiger partial charge in [0.25, 0.3) is 0 Å². The Balaban J connectivity index is 2.12. The number of nitrogens with two attached hydrogens (primary N) is 1. The van der Waals surface area contributed by atoms with Crippen LogP contribution in [0, 0.1) is 11.3 Å². The van der Waals surface area contributed by atoms with Crippen molar-refractivity contribution in [1.82, 2.24) is 20.3 Å². The predicted octanol–water partition coefficient (Wildman–Crippen LogP) is -0.0297. The average molecular weight is 261 g/mol. The third-order valence-corrected chi connectivity index (χ3v) is 3.58. The summed E-state index contributed by atoms with van der Waals surface area (Å²) in [6.45, 7) is 2.14. The van der Waals surface area contributed by atoms with Crippen molar-refractivity contribution >= 4 is 33.5 Å². The number of fused-ring (bicyclic) bond motifs is 1. The van der Waals surface area contributed by atoms with Crippen LogP contribution in [0.1, 0.15) is 0 Å². The number of rotatable bonds is 1. The van der Waals surface area contributed by atoms with Gasteiger partial charge < -0.3 is 16.0 Å². The first kappa shape index (κ1) is 11.1. The molecule has 0 aliphatic carbocycles. The van der Waals surface area contributed by atoms with Gasteiger partial charge in [-0.05, 0) is 0 Å². The zero-order valence-electron chi connectivity index (χ0n) is 9.50. The van der Waals surface area contributed by atoms with E-state index in [1.54, 1.807) is 5.51 Å². The standard InChI is InChI=1S/C10H11N7S/c11-3-6-4-13-1-2-17(6)8-7-9(18-5-14-7)16-10(12)15-8/h5-6,13H,1-2,4H2,(H2,12,15,16)/t6-/m0/s1. The van der Waals surface area contributed by atoms with Crippen LogP contribution in [-0.2, 0) is 0 Å². The van der Waals surface area contributed by atoms with Crippen LogP contribution in [0.15, 0.2) is 5.51 Å². The van der Waals surface area contributed by atoms with Crippen LogP contribution in [0.5, 0.6) is 0 Å². The minimum absolute atomic E-state index is 0.219. The highest BCUT2D eigenvalue weighted by Crippen LogP contribution is 2.27. The minimum atomic E-state index is -0.252. The maximum atomic E-state index is 9.19. The Bertz CT molecular complexity index is 616. The van der Waals surface area contributed by atoms with Gasteiger partial charge in [0, 0.05) is 19.6 Å². The largest absolute Gasteiger partial charge is 0.368 e. The van der Waals surface area contributed by atoms with Crippen LogP contribution in [0.3, 0.4) is 0 Å². The highest BCUT2D eigenvalue weighted by atomic mass is 32.1. The van der Waals surface area contributed by atoms with Gasteiger partial charge >= 0.3 is 0 Å². The molecule has 0 spiro atoms.